The molecule has 1 rings (SSSR count). The molecule has 0 atom stereocenters. The van der Waals surface area contributed by atoms with Crippen LogP contribution in [0.3, 0.4) is 0 Å². The number of rotatable bonds is 4. The number of nitrogens with zero attached hydrogens (tertiary/aromatic N) is 1. The van der Waals surface area contributed by atoms with Gasteiger partial charge in [0.1, 0.15) is 0 Å². The van der Waals surface area contributed by atoms with Gasteiger partial charge in [0.05, 0.1) is 5.69 Å². The summed E-state index contributed by atoms with van der Waals surface area (Å²) in [5.74, 6) is 0.844. The molecule has 0 aliphatic rings. The fourth-order valence-corrected chi connectivity index (χ4v) is 1.50. The minimum atomic E-state index is 0.411. The highest BCUT2D eigenvalue weighted by Crippen LogP contribution is 2.29. The molecule has 1 nitrogen and oxygen atoms in total. The van der Waals surface area contributed by atoms with E-state index in [0.29, 0.717) is 11.8 Å². The summed E-state index contributed by atoms with van der Waals surface area (Å²) >= 11 is 0. The molecule has 0 spiro atoms. The van der Waals surface area contributed by atoms with Crippen molar-refractivity contribution in [3.8, 4) is 0 Å². The van der Waals surface area contributed by atoms with Crippen LogP contribution in [-0.2, 0) is 0 Å². The molecule has 0 amide bonds. The summed E-state index contributed by atoms with van der Waals surface area (Å²) < 4.78 is 0. The average Bonchev–Trinajstić information content (AvgIpc) is 2.26. The Morgan fingerprint density at radius 2 is 1.62 bits per heavy atom. The normalized spacial score (nSPS) is 10.9. The number of allylic oxidation sites excluding steroid dienone is 2. The Kier molecular flexibility index (Phi) is 4.05. The first-order valence-electron chi connectivity index (χ1n) is 5.78. The van der Waals surface area contributed by atoms with E-state index in [2.05, 4.69) is 51.9 Å². The van der Waals surface area contributed by atoms with Crippen LogP contribution in [0.15, 0.2) is 31.5 Å². The molecule has 1 aromatic rings. The van der Waals surface area contributed by atoms with Crippen molar-refractivity contribution in [2.24, 2.45) is 11.8 Å². The van der Waals surface area contributed by atoms with E-state index in [4.69, 9.17) is 0 Å². The van der Waals surface area contributed by atoms with E-state index in [1.54, 1.807) is 0 Å². The van der Waals surface area contributed by atoms with Gasteiger partial charge in [0, 0.05) is 11.8 Å². The molecule has 0 aliphatic carbocycles. The lowest BCUT2D eigenvalue weighted by molar-refractivity contribution is 0.839. The van der Waals surface area contributed by atoms with E-state index in [-0.39, 0.29) is 0 Å². The summed E-state index contributed by atoms with van der Waals surface area (Å²) in [7, 11) is 0. The minimum Gasteiger partial charge on any atom is -0.256 e. The van der Waals surface area contributed by atoms with E-state index in [9.17, 15) is 0 Å². The summed E-state index contributed by atoms with van der Waals surface area (Å²) in [4.78, 5) is 4.44. The van der Waals surface area contributed by atoms with Crippen LogP contribution in [0.2, 0.25) is 0 Å². The molecule has 0 unspecified atom stereocenters. The van der Waals surface area contributed by atoms with Crippen LogP contribution >= 0.6 is 0 Å². The summed E-state index contributed by atoms with van der Waals surface area (Å²) in [5.41, 5.74) is 4.34. The number of aromatic nitrogens is 1. The summed E-state index contributed by atoms with van der Waals surface area (Å²) in [5, 5.41) is 0. The van der Waals surface area contributed by atoms with Gasteiger partial charge in [-0.05, 0) is 29.0 Å². The van der Waals surface area contributed by atoms with Crippen LogP contribution in [-0.4, -0.2) is 4.98 Å². The van der Waals surface area contributed by atoms with Crippen LogP contribution in [0.4, 0.5) is 0 Å². The van der Waals surface area contributed by atoms with Gasteiger partial charge in [-0.2, -0.15) is 0 Å². The SMILES string of the molecule is C=C(c1cccnc1C(=C)C(C)C)C(C)C. The van der Waals surface area contributed by atoms with Crippen molar-refractivity contribution in [1.29, 1.82) is 0 Å². The third-order valence-electron chi connectivity index (χ3n) is 2.85. The zero-order chi connectivity index (χ0) is 12.3. The summed E-state index contributed by atoms with van der Waals surface area (Å²) in [6, 6.07) is 4.04. The fraction of sp³-hybridized carbons (Fsp3) is 0.400. The maximum absolute atomic E-state index is 4.44. The lowest BCUT2D eigenvalue weighted by Gasteiger charge is -2.17. The molecule has 0 radical (unpaired) electrons. The van der Waals surface area contributed by atoms with Crippen molar-refractivity contribution in [2.45, 2.75) is 27.7 Å². The monoisotopic (exact) mass is 215 g/mol. The van der Waals surface area contributed by atoms with E-state index >= 15 is 0 Å². The van der Waals surface area contributed by atoms with Gasteiger partial charge in [0.25, 0.3) is 0 Å². The van der Waals surface area contributed by atoms with E-state index in [1.807, 2.05) is 12.3 Å². The largest absolute Gasteiger partial charge is 0.256 e. The van der Waals surface area contributed by atoms with Gasteiger partial charge in [-0.1, -0.05) is 46.9 Å². The average molecular weight is 215 g/mol. The highest BCUT2D eigenvalue weighted by molar-refractivity contribution is 5.77. The Labute approximate surface area is 98.9 Å². The molecule has 16 heavy (non-hydrogen) atoms. The molecule has 1 heterocycles. The van der Waals surface area contributed by atoms with Gasteiger partial charge in [0.2, 0.25) is 0 Å². The first-order valence-corrected chi connectivity index (χ1v) is 5.78. The highest BCUT2D eigenvalue weighted by Gasteiger charge is 2.13. The van der Waals surface area contributed by atoms with Crippen molar-refractivity contribution in [3.05, 3.63) is 42.7 Å². The standard InChI is InChI=1S/C15H21N/c1-10(2)12(5)14-8-7-9-16-15(14)13(6)11(3)4/h7-11H,5-6H2,1-4H3. The van der Waals surface area contributed by atoms with Crippen LogP contribution in [0.25, 0.3) is 11.1 Å². The molecule has 0 aliphatic heterocycles. The van der Waals surface area contributed by atoms with Gasteiger partial charge < -0.3 is 0 Å². The third kappa shape index (κ3) is 2.60. The van der Waals surface area contributed by atoms with E-state index in [1.165, 1.54) is 0 Å². The van der Waals surface area contributed by atoms with Gasteiger partial charge in [0.15, 0.2) is 0 Å². The van der Waals surface area contributed by atoms with Crippen LogP contribution in [0, 0.1) is 11.8 Å². The fourth-order valence-electron chi connectivity index (χ4n) is 1.50. The Balaban J connectivity index is 3.20. The van der Waals surface area contributed by atoms with Crippen LogP contribution in [0.1, 0.15) is 39.0 Å². The molecule has 1 aromatic heterocycles. The Morgan fingerprint density at radius 3 is 2.12 bits per heavy atom. The van der Waals surface area contributed by atoms with Crippen molar-refractivity contribution in [2.75, 3.05) is 0 Å². The Bertz CT molecular complexity index is 361. The van der Waals surface area contributed by atoms with Crippen molar-refractivity contribution >= 4 is 11.1 Å². The summed E-state index contributed by atoms with van der Waals surface area (Å²) in [6.07, 6.45) is 1.82. The van der Waals surface area contributed by atoms with Crippen molar-refractivity contribution < 1.29 is 0 Å². The molecule has 0 bridgehead atoms. The van der Waals surface area contributed by atoms with Gasteiger partial charge in [-0.3, -0.25) is 4.98 Å². The zero-order valence-electron chi connectivity index (χ0n) is 10.7. The molecule has 0 saturated heterocycles. The second-order valence-electron chi connectivity index (χ2n) is 4.76. The molecule has 0 fully saturated rings. The van der Waals surface area contributed by atoms with E-state index in [0.717, 1.165) is 22.4 Å². The Hall–Kier alpha value is -1.37. The van der Waals surface area contributed by atoms with Crippen LogP contribution in [0.5, 0.6) is 0 Å². The van der Waals surface area contributed by atoms with E-state index < -0.39 is 0 Å². The van der Waals surface area contributed by atoms with Gasteiger partial charge in [-0.25, -0.2) is 0 Å². The van der Waals surface area contributed by atoms with Crippen molar-refractivity contribution in [1.82, 2.24) is 4.98 Å². The topological polar surface area (TPSA) is 12.9 Å². The molecule has 0 saturated carbocycles. The quantitative estimate of drug-likeness (QED) is 0.724. The van der Waals surface area contributed by atoms with Crippen molar-refractivity contribution in [3.63, 3.8) is 0 Å². The predicted molar refractivity (Wildman–Crippen MR) is 72.0 cm³/mol. The second kappa shape index (κ2) is 5.11. The number of hydrogen-bond acceptors (Lipinski definition) is 1. The third-order valence-corrected chi connectivity index (χ3v) is 2.85. The first kappa shape index (κ1) is 12.7. The number of hydrogen-bond donors (Lipinski definition) is 0. The molecule has 0 N–H and O–H groups in total. The minimum absolute atomic E-state index is 0.411. The maximum Gasteiger partial charge on any atom is 0.0733 e. The van der Waals surface area contributed by atoms with Gasteiger partial charge in [-0.15, -0.1) is 0 Å². The predicted octanol–water partition coefficient (Wildman–Crippen LogP) is 4.42. The molecule has 86 valence electrons. The molecule has 1 heteroatoms. The lowest BCUT2D eigenvalue weighted by atomic mass is 9.90. The maximum atomic E-state index is 4.44. The van der Waals surface area contributed by atoms with Gasteiger partial charge >= 0.3 is 0 Å². The molecular formula is C15H21N. The Morgan fingerprint density at radius 1 is 1.06 bits per heavy atom. The zero-order valence-corrected chi connectivity index (χ0v) is 10.7. The second-order valence-corrected chi connectivity index (χ2v) is 4.76. The molecular weight excluding hydrogens is 194 g/mol. The summed E-state index contributed by atoms with van der Waals surface area (Å²) in [6.45, 7) is 16.8. The lowest BCUT2D eigenvalue weighted by Crippen LogP contribution is -2.02. The molecule has 0 aromatic carbocycles. The smallest absolute Gasteiger partial charge is 0.0733 e. The highest BCUT2D eigenvalue weighted by atomic mass is 14.7. The first-order chi connectivity index (χ1) is 7.45. The number of pyridine rings is 1. The van der Waals surface area contributed by atoms with Crippen LogP contribution < -0.4 is 0 Å².